The molecule has 0 bridgehead atoms. The molecule has 0 aromatic carbocycles. The standard InChI is InChI=1S/C9H13F3N4/c1-5(2)7-14-8-13-4-3-6(9(10,11)12)16(8)15-7/h5-6H,3-4H2,1-2H3,(H,13,14,15). The third-order valence-electron chi connectivity index (χ3n) is 2.54. The van der Waals surface area contributed by atoms with Gasteiger partial charge in [0, 0.05) is 12.5 Å². The molecule has 1 N–H and O–H groups in total. The predicted molar refractivity (Wildman–Crippen MR) is 52.3 cm³/mol. The van der Waals surface area contributed by atoms with Crippen LogP contribution in [0, 0.1) is 0 Å². The Balaban J connectivity index is 2.38. The van der Waals surface area contributed by atoms with Crippen LogP contribution in [0.5, 0.6) is 0 Å². The summed E-state index contributed by atoms with van der Waals surface area (Å²) in [4.78, 5) is 4.05. The minimum Gasteiger partial charge on any atom is -0.354 e. The second kappa shape index (κ2) is 3.64. The van der Waals surface area contributed by atoms with Gasteiger partial charge in [0.1, 0.15) is 0 Å². The average molecular weight is 234 g/mol. The Morgan fingerprint density at radius 2 is 2.12 bits per heavy atom. The number of nitrogens with zero attached hydrogens (tertiary/aromatic N) is 3. The number of anilines is 1. The van der Waals surface area contributed by atoms with E-state index in [-0.39, 0.29) is 24.8 Å². The van der Waals surface area contributed by atoms with Crippen molar-refractivity contribution in [2.45, 2.75) is 38.4 Å². The highest BCUT2D eigenvalue weighted by molar-refractivity contribution is 5.29. The predicted octanol–water partition coefficient (Wildman–Crippen LogP) is 2.32. The van der Waals surface area contributed by atoms with Crippen LogP contribution in [0.2, 0.25) is 0 Å². The lowest BCUT2D eigenvalue weighted by Gasteiger charge is -2.26. The van der Waals surface area contributed by atoms with Gasteiger partial charge < -0.3 is 5.32 Å². The summed E-state index contributed by atoms with van der Waals surface area (Å²) in [6, 6.07) is -1.55. The number of hydrogen-bond donors (Lipinski definition) is 1. The van der Waals surface area contributed by atoms with Gasteiger partial charge in [0.05, 0.1) is 0 Å². The molecule has 1 aliphatic heterocycles. The molecule has 0 radical (unpaired) electrons. The first-order valence-electron chi connectivity index (χ1n) is 5.16. The normalized spacial score (nSPS) is 20.8. The largest absolute Gasteiger partial charge is 0.411 e. The van der Waals surface area contributed by atoms with Crippen molar-refractivity contribution in [1.82, 2.24) is 14.8 Å². The van der Waals surface area contributed by atoms with Gasteiger partial charge in [-0.05, 0) is 6.42 Å². The summed E-state index contributed by atoms with van der Waals surface area (Å²) in [7, 11) is 0. The van der Waals surface area contributed by atoms with Gasteiger partial charge in [-0.1, -0.05) is 13.8 Å². The molecule has 1 atom stereocenters. The number of halogens is 3. The van der Waals surface area contributed by atoms with Crippen LogP contribution in [0.25, 0.3) is 0 Å². The van der Waals surface area contributed by atoms with Crippen LogP contribution in [0.4, 0.5) is 19.1 Å². The van der Waals surface area contributed by atoms with Gasteiger partial charge in [0.2, 0.25) is 5.95 Å². The molecule has 90 valence electrons. The van der Waals surface area contributed by atoms with E-state index in [4.69, 9.17) is 0 Å². The monoisotopic (exact) mass is 234 g/mol. The fourth-order valence-corrected chi connectivity index (χ4v) is 1.67. The number of fused-ring (bicyclic) bond motifs is 1. The number of nitrogens with one attached hydrogen (secondary N) is 1. The zero-order valence-corrected chi connectivity index (χ0v) is 9.04. The SMILES string of the molecule is CC(C)c1nc2n(n1)C(C(F)(F)F)CCN2. The summed E-state index contributed by atoms with van der Waals surface area (Å²) in [5.74, 6) is 0.685. The van der Waals surface area contributed by atoms with Crippen molar-refractivity contribution in [1.29, 1.82) is 0 Å². The van der Waals surface area contributed by atoms with Gasteiger partial charge >= 0.3 is 6.18 Å². The van der Waals surface area contributed by atoms with Crippen LogP contribution >= 0.6 is 0 Å². The van der Waals surface area contributed by atoms with Gasteiger partial charge in [-0.15, -0.1) is 0 Å². The van der Waals surface area contributed by atoms with E-state index < -0.39 is 12.2 Å². The lowest BCUT2D eigenvalue weighted by atomic mass is 10.2. The first kappa shape index (κ1) is 11.2. The minimum atomic E-state index is -4.27. The maximum absolute atomic E-state index is 12.7. The Labute approximate surface area is 90.9 Å². The number of aromatic nitrogens is 3. The second-order valence-electron chi connectivity index (χ2n) is 4.17. The molecule has 2 rings (SSSR count). The maximum atomic E-state index is 12.7. The van der Waals surface area contributed by atoms with E-state index >= 15 is 0 Å². The first-order valence-corrected chi connectivity index (χ1v) is 5.16. The summed E-state index contributed by atoms with van der Waals surface area (Å²) < 4.78 is 39.1. The molecule has 16 heavy (non-hydrogen) atoms. The van der Waals surface area contributed by atoms with E-state index in [0.29, 0.717) is 5.82 Å². The van der Waals surface area contributed by atoms with E-state index in [9.17, 15) is 13.2 Å². The maximum Gasteiger partial charge on any atom is 0.411 e. The lowest BCUT2D eigenvalue weighted by Crippen LogP contribution is -2.34. The highest BCUT2D eigenvalue weighted by atomic mass is 19.4. The lowest BCUT2D eigenvalue weighted by molar-refractivity contribution is -0.171. The first-order chi connectivity index (χ1) is 7.39. The van der Waals surface area contributed by atoms with Crippen LogP contribution in [0.3, 0.4) is 0 Å². The van der Waals surface area contributed by atoms with E-state index in [1.165, 1.54) is 0 Å². The number of hydrogen-bond acceptors (Lipinski definition) is 3. The van der Waals surface area contributed by atoms with Gasteiger partial charge in [-0.2, -0.15) is 23.3 Å². The highest BCUT2D eigenvalue weighted by Gasteiger charge is 2.44. The quantitative estimate of drug-likeness (QED) is 0.810. The molecule has 1 aromatic rings. The van der Waals surface area contributed by atoms with Crippen molar-refractivity contribution in [3.63, 3.8) is 0 Å². The Hall–Kier alpha value is -1.27. The molecule has 1 unspecified atom stereocenters. The molecule has 0 fully saturated rings. The van der Waals surface area contributed by atoms with Crippen LogP contribution in [0.15, 0.2) is 0 Å². The van der Waals surface area contributed by atoms with Crippen molar-refractivity contribution in [2.24, 2.45) is 0 Å². The zero-order chi connectivity index (χ0) is 11.9. The summed E-state index contributed by atoms with van der Waals surface area (Å²) in [5.41, 5.74) is 0. The Morgan fingerprint density at radius 3 is 2.69 bits per heavy atom. The van der Waals surface area contributed by atoms with Crippen LogP contribution < -0.4 is 5.32 Å². The molecule has 1 aromatic heterocycles. The van der Waals surface area contributed by atoms with Crippen molar-refractivity contribution in [3.8, 4) is 0 Å². The minimum absolute atomic E-state index is 0.00258. The molecule has 1 aliphatic rings. The summed E-state index contributed by atoms with van der Waals surface area (Å²) in [6.45, 7) is 3.98. The topological polar surface area (TPSA) is 42.7 Å². The van der Waals surface area contributed by atoms with E-state index in [1.807, 2.05) is 13.8 Å². The van der Waals surface area contributed by atoms with Crippen molar-refractivity contribution >= 4 is 5.95 Å². The third-order valence-corrected chi connectivity index (χ3v) is 2.54. The van der Waals surface area contributed by atoms with E-state index in [2.05, 4.69) is 15.4 Å². The number of rotatable bonds is 1. The molecule has 0 amide bonds. The van der Waals surface area contributed by atoms with Gasteiger partial charge in [0.15, 0.2) is 11.9 Å². The average Bonchev–Trinajstić information content (AvgIpc) is 2.58. The zero-order valence-electron chi connectivity index (χ0n) is 9.04. The summed E-state index contributed by atoms with van der Waals surface area (Å²) in [6.07, 6.45) is -4.27. The second-order valence-corrected chi connectivity index (χ2v) is 4.17. The molecular weight excluding hydrogens is 221 g/mol. The molecular formula is C9H13F3N4. The van der Waals surface area contributed by atoms with Crippen LogP contribution in [-0.4, -0.2) is 27.5 Å². The molecule has 7 heteroatoms. The molecule has 2 heterocycles. The fraction of sp³-hybridized carbons (Fsp3) is 0.778. The van der Waals surface area contributed by atoms with Crippen LogP contribution in [0.1, 0.15) is 38.1 Å². The Morgan fingerprint density at radius 1 is 1.44 bits per heavy atom. The number of alkyl halides is 3. The highest BCUT2D eigenvalue weighted by Crippen LogP contribution is 2.36. The molecule has 4 nitrogen and oxygen atoms in total. The van der Waals surface area contributed by atoms with Crippen molar-refractivity contribution in [2.75, 3.05) is 11.9 Å². The van der Waals surface area contributed by atoms with Gasteiger partial charge in [-0.25, -0.2) is 4.68 Å². The molecule has 0 saturated heterocycles. The molecule has 0 aliphatic carbocycles. The van der Waals surface area contributed by atoms with E-state index in [1.54, 1.807) is 0 Å². The fourth-order valence-electron chi connectivity index (χ4n) is 1.67. The third kappa shape index (κ3) is 1.85. The summed E-state index contributed by atoms with van der Waals surface area (Å²) in [5, 5.41) is 6.75. The van der Waals surface area contributed by atoms with Crippen molar-refractivity contribution in [3.05, 3.63) is 5.82 Å². The van der Waals surface area contributed by atoms with Gasteiger partial charge in [0.25, 0.3) is 0 Å². The summed E-state index contributed by atoms with van der Waals surface area (Å²) >= 11 is 0. The molecule has 0 spiro atoms. The van der Waals surface area contributed by atoms with Gasteiger partial charge in [-0.3, -0.25) is 0 Å². The van der Waals surface area contributed by atoms with E-state index in [0.717, 1.165) is 4.68 Å². The van der Waals surface area contributed by atoms with Crippen molar-refractivity contribution < 1.29 is 13.2 Å². The molecule has 0 saturated carbocycles. The Kier molecular flexibility index (Phi) is 2.55. The Bertz CT molecular complexity index is 383. The smallest absolute Gasteiger partial charge is 0.354 e. The van der Waals surface area contributed by atoms with Crippen LogP contribution in [-0.2, 0) is 0 Å².